The van der Waals surface area contributed by atoms with Gasteiger partial charge in [0.15, 0.2) is 0 Å². The Morgan fingerprint density at radius 2 is 1.77 bits per heavy atom. The monoisotopic (exact) mass is 513 g/mol. The van der Waals surface area contributed by atoms with E-state index >= 15 is 0 Å². The molecular formula is C27H35N3O3S2. The molecule has 2 aromatic rings. The van der Waals surface area contributed by atoms with E-state index in [9.17, 15) is 9.59 Å². The van der Waals surface area contributed by atoms with Gasteiger partial charge in [-0.25, -0.2) is 0 Å². The van der Waals surface area contributed by atoms with Crippen LogP contribution in [0.25, 0.3) is 0 Å². The van der Waals surface area contributed by atoms with Crippen molar-refractivity contribution in [3.63, 3.8) is 0 Å². The van der Waals surface area contributed by atoms with E-state index in [4.69, 9.17) is 4.74 Å². The summed E-state index contributed by atoms with van der Waals surface area (Å²) in [7, 11) is 0. The Hall–Kier alpha value is -2.16. The number of para-hydroxylation sites is 1. The normalized spacial score (nSPS) is 19.1. The highest BCUT2D eigenvalue weighted by Crippen LogP contribution is 2.27. The van der Waals surface area contributed by atoms with Crippen LogP contribution in [0.2, 0.25) is 0 Å². The van der Waals surface area contributed by atoms with Crippen molar-refractivity contribution in [2.24, 2.45) is 5.92 Å². The number of hydrogen-bond donors (Lipinski definition) is 3. The molecule has 6 nitrogen and oxygen atoms in total. The first-order chi connectivity index (χ1) is 17.2. The number of ether oxygens (including phenoxy) is 1. The molecule has 4 rings (SSSR count). The van der Waals surface area contributed by atoms with E-state index in [0.717, 1.165) is 40.4 Å². The summed E-state index contributed by atoms with van der Waals surface area (Å²) >= 11 is 3.49. The van der Waals surface area contributed by atoms with Crippen LogP contribution in [-0.4, -0.2) is 47.0 Å². The van der Waals surface area contributed by atoms with Crippen LogP contribution in [0.4, 0.5) is 0 Å². The lowest BCUT2D eigenvalue weighted by atomic mass is 9.91. The Balaban J connectivity index is 1.28. The maximum atomic E-state index is 13.1. The molecule has 2 aromatic carbocycles. The van der Waals surface area contributed by atoms with E-state index in [1.165, 1.54) is 32.1 Å². The van der Waals surface area contributed by atoms with Gasteiger partial charge < -0.3 is 15.4 Å². The third-order valence-corrected chi connectivity index (χ3v) is 8.61. The van der Waals surface area contributed by atoms with Gasteiger partial charge in [-0.3, -0.25) is 14.9 Å². The van der Waals surface area contributed by atoms with Gasteiger partial charge in [0.2, 0.25) is 11.8 Å². The second-order valence-corrected chi connectivity index (χ2v) is 11.3. The fourth-order valence-electron chi connectivity index (χ4n) is 4.34. The molecule has 0 bridgehead atoms. The molecule has 2 fully saturated rings. The van der Waals surface area contributed by atoms with Crippen molar-refractivity contribution in [1.29, 1.82) is 0 Å². The average molecular weight is 514 g/mol. The number of rotatable bonds is 11. The van der Waals surface area contributed by atoms with Gasteiger partial charge in [0.1, 0.15) is 17.5 Å². The van der Waals surface area contributed by atoms with E-state index in [2.05, 4.69) is 16.0 Å². The van der Waals surface area contributed by atoms with Crippen molar-refractivity contribution in [3.8, 4) is 11.5 Å². The van der Waals surface area contributed by atoms with Crippen molar-refractivity contribution < 1.29 is 14.3 Å². The number of hydrogen-bond acceptors (Lipinski definition) is 6. The van der Waals surface area contributed by atoms with E-state index in [0.29, 0.717) is 12.3 Å². The minimum Gasteiger partial charge on any atom is -0.457 e. The van der Waals surface area contributed by atoms with E-state index in [1.807, 2.05) is 54.6 Å². The maximum absolute atomic E-state index is 13.1. The smallest absolute Gasteiger partial charge is 0.243 e. The number of amides is 2. The summed E-state index contributed by atoms with van der Waals surface area (Å²) in [5.41, 5.74) is 0.979. The summed E-state index contributed by atoms with van der Waals surface area (Å²) in [6, 6.07) is 16.6. The molecule has 0 radical (unpaired) electrons. The molecule has 2 atom stereocenters. The first-order valence-electron chi connectivity index (χ1n) is 12.5. The van der Waals surface area contributed by atoms with Crippen LogP contribution in [-0.2, 0) is 16.1 Å². The van der Waals surface area contributed by atoms with Crippen molar-refractivity contribution in [2.75, 3.05) is 23.1 Å². The summed E-state index contributed by atoms with van der Waals surface area (Å²) in [5.74, 6) is 5.21. The third kappa shape index (κ3) is 8.47. The number of carbonyl (C=O) groups is 2. The predicted molar refractivity (Wildman–Crippen MR) is 145 cm³/mol. The number of carbonyl (C=O) groups excluding carboxylic acids is 2. The van der Waals surface area contributed by atoms with Gasteiger partial charge in [-0.15, -0.1) is 11.8 Å². The summed E-state index contributed by atoms with van der Waals surface area (Å²) in [4.78, 5) is 25.8. The molecule has 35 heavy (non-hydrogen) atoms. The van der Waals surface area contributed by atoms with Gasteiger partial charge in [-0.1, -0.05) is 49.6 Å². The molecule has 0 aromatic heterocycles. The van der Waals surface area contributed by atoms with Crippen LogP contribution < -0.4 is 20.7 Å². The Bertz CT molecular complexity index is 930. The molecule has 1 heterocycles. The highest BCUT2D eigenvalue weighted by atomic mass is 32.2. The van der Waals surface area contributed by atoms with Crippen LogP contribution in [0.3, 0.4) is 0 Å². The number of benzene rings is 2. The zero-order chi connectivity index (χ0) is 24.3. The molecule has 0 unspecified atom stereocenters. The van der Waals surface area contributed by atoms with Crippen LogP contribution >= 0.6 is 23.5 Å². The topological polar surface area (TPSA) is 79.5 Å². The fraction of sp³-hybridized carbons (Fsp3) is 0.481. The fourth-order valence-corrected chi connectivity index (χ4v) is 6.55. The van der Waals surface area contributed by atoms with Crippen LogP contribution in [0.5, 0.6) is 11.5 Å². The second kappa shape index (κ2) is 13.8. The van der Waals surface area contributed by atoms with Crippen molar-refractivity contribution in [2.45, 2.75) is 50.7 Å². The van der Waals surface area contributed by atoms with Crippen molar-refractivity contribution >= 4 is 35.3 Å². The zero-order valence-electron chi connectivity index (χ0n) is 20.0. The Labute approximate surface area is 216 Å². The lowest BCUT2D eigenvalue weighted by molar-refractivity contribution is -0.129. The predicted octanol–water partition coefficient (Wildman–Crippen LogP) is 4.56. The van der Waals surface area contributed by atoms with Crippen molar-refractivity contribution in [3.05, 3.63) is 60.2 Å². The Morgan fingerprint density at radius 1 is 1.03 bits per heavy atom. The highest BCUT2D eigenvalue weighted by Gasteiger charge is 2.28. The molecule has 1 saturated carbocycles. The largest absolute Gasteiger partial charge is 0.457 e. The molecule has 8 heteroatoms. The summed E-state index contributed by atoms with van der Waals surface area (Å²) in [6.45, 7) is 0.404. The van der Waals surface area contributed by atoms with Crippen LogP contribution in [0, 0.1) is 5.92 Å². The first-order valence-corrected chi connectivity index (χ1v) is 14.8. The van der Waals surface area contributed by atoms with Gasteiger partial charge in [0, 0.05) is 23.9 Å². The van der Waals surface area contributed by atoms with Gasteiger partial charge in [0.05, 0.1) is 6.04 Å². The lowest BCUT2D eigenvalue weighted by Gasteiger charge is -2.23. The van der Waals surface area contributed by atoms with Gasteiger partial charge >= 0.3 is 0 Å². The minimum absolute atomic E-state index is 0.0872. The lowest BCUT2D eigenvalue weighted by Crippen LogP contribution is -2.53. The standard InChI is InChI=1S/C27H35N3O3S2/c31-26(28-15-20-11-13-23(14-12-20)33-22-9-5-2-6-10-22)25(30-27(32)24-17-35-19-29-24)18-34-16-21-7-3-1-4-8-21/h2,5-6,9-14,21,24-25,29H,1,3-4,7-8,15-19H2,(H,28,31)(H,30,32)/t24-,25-/m0/s1. The Morgan fingerprint density at radius 3 is 2.49 bits per heavy atom. The van der Waals surface area contributed by atoms with E-state index in [1.54, 1.807) is 23.5 Å². The molecule has 188 valence electrons. The molecule has 1 saturated heterocycles. The highest BCUT2D eigenvalue weighted by molar-refractivity contribution is 7.99. The molecule has 2 aliphatic rings. The first kappa shape index (κ1) is 25.9. The van der Waals surface area contributed by atoms with Crippen LogP contribution in [0.1, 0.15) is 37.7 Å². The van der Waals surface area contributed by atoms with E-state index < -0.39 is 6.04 Å². The van der Waals surface area contributed by atoms with Crippen LogP contribution in [0.15, 0.2) is 54.6 Å². The molecule has 2 amide bonds. The van der Waals surface area contributed by atoms with Gasteiger partial charge in [0.25, 0.3) is 0 Å². The average Bonchev–Trinajstić information content (AvgIpc) is 3.44. The number of thioether (sulfide) groups is 2. The third-order valence-electron chi connectivity index (χ3n) is 6.40. The summed E-state index contributed by atoms with van der Waals surface area (Å²) in [6.07, 6.45) is 6.53. The molecule has 1 aliphatic carbocycles. The molecule has 1 aliphatic heterocycles. The molecule has 3 N–H and O–H groups in total. The van der Waals surface area contributed by atoms with Gasteiger partial charge in [-0.05, 0) is 54.3 Å². The molecule has 0 spiro atoms. The summed E-state index contributed by atoms with van der Waals surface area (Å²) in [5, 5.41) is 9.21. The minimum atomic E-state index is -0.538. The quantitative estimate of drug-likeness (QED) is 0.409. The Kier molecular flexibility index (Phi) is 10.2. The van der Waals surface area contributed by atoms with Crippen molar-refractivity contribution in [1.82, 2.24) is 16.0 Å². The van der Waals surface area contributed by atoms with Gasteiger partial charge in [-0.2, -0.15) is 11.8 Å². The molecular weight excluding hydrogens is 478 g/mol. The van der Waals surface area contributed by atoms with E-state index in [-0.39, 0.29) is 17.9 Å². The zero-order valence-corrected chi connectivity index (χ0v) is 21.7. The maximum Gasteiger partial charge on any atom is 0.243 e. The SMILES string of the molecule is O=C(N[C@@H](CSCC1CCCCC1)C(=O)NCc1ccc(Oc2ccccc2)cc1)[C@@H]1CSCN1. The second-order valence-electron chi connectivity index (χ2n) is 9.15. The summed E-state index contributed by atoms with van der Waals surface area (Å²) < 4.78 is 5.84. The number of nitrogens with one attached hydrogen (secondary N) is 3.